The molecule has 16 nitrogen and oxygen atoms in total. The number of rotatable bonds is 13. The molecule has 0 aliphatic carbocycles. The van der Waals surface area contributed by atoms with Crippen LogP contribution in [0.25, 0.3) is 0 Å². The second-order valence-corrected chi connectivity index (χ2v) is 11.7. The van der Waals surface area contributed by atoms with Crippen molar-refractivity contribution >= 4 is 51.7 Å². The number of ether oxygens (including phenoxy) is 1. The summed E-state index contributed by atoms with van der Waals surface area (Å²) in [6.45, 7) is 1.91. The number of anilines is 1. The van der Waals surface area contributed by atoms with Crippen LogP contribution in [0.2, 0.25) is 0 Å². The number of β-lactam (4-membered cyclic amide) rings is 1. The number of hydrogen-bond acceptors (Lipinski definition) is 12. The molecule has 1 unspecified atom stereocenters. The summed E-state index contributed by atoms with van der Waals surface area (Å²) in [5.74, 6) is -2.24. The summed E-state index contributed by atoms with van der Waals surface area (Å²) in [4.78, 5) is 63.4. The zero-order chi connectivity index (χ0) is 31.9. The van der Waals surface area contributed by atoms with Crippen molar-refractivity contribution in [2.75, 3.05) is 32.0 Å². The van der Waals surface area contributed by atoms with Gasteiger partial charge in [0.15, 0.2) is 10.8 Å². The Labute approximate surface area is 262 Å². The monoisotopic (exact) mass is 641 g/mol. The van der Waals surface area contributed by atoms with Gasteiger partial charge in [0.1, 0.15) is 29.9 Å². The minimum Gasteiger partial charge on any atom is -0.489 e. The lowest BCUT2D eigenvalue weighted by atomic mass is 9.88. The number of aromatic nitrogens is 1. The molecule has 3 fully saturated rings. The minimum atomic E-state index is -1.60. The van der Waals surface area contributed by atoms with Crippen LogP contribution < -0.4 is 37.5 Å². The molecule has 45 heavy (non-hydrogen) atoms. The first-order chi connectivity index (χ1) is 21.7. The van der Waals surface area contributed by atoms with Crippen molar-refractivity contribution in [3.8, 4) is 5.75 Å². The van der Waals surface area contributed by atoms with E-state index < -0.39 is 42.6 Å². The molecular formula is C28H35N9O7S. The first-order valence-corrected chi connectivity index (χ1v) is 15.4. The van der Waals surface area contributed by atoms with Gasteiger partial charge in [0, 0.05) is 23.4 Å². The summed E-state index contributed by atoms with van der Waals surface area (Å²) in [6, 6.07) is 5.49. The smallest absolute Gasteiger partial charge is 0.351 e. The van der Waals surface area contributed by atoms with E-state index in [2.05, 4.69) is 36.4 Å². The summed E-state index contributed by atoms with van der Waals surface area (Å²) in [7, 11) is 0. The van der Waals surface area contributed by atoms with Crippen molar-refractivity contribution in [2.45, 2.75) is 49.9 Å². The van der Waals surface area contributed by atoms with Crippen molar-refractivity contribution in [3.05, 3.63) is 40.9 Å². The van der Waals surface area contributed by atoms with Gasteiger partial charge in [0.2, 0.25) is 11.8 Å². The predicted molar refractivity (Wildman–Crippen MR) is 164 cm³/mol. The van der Waals surface area contributed by atoms with Crippen LogP contribution in [0.5, 0.6) is 5.75 Å². The molecule has 2 aromatic rings. The van der Waals surface area contributed by atoms with Gasteiger partial charge in [0.05, 0.1) is 12.1 Å². The SMILES string of the molecule is NC(=NC1CCNCC1)c1ccc(OC[C@H](O/N=C(\C(=O)N[C@@H]2C(=O)N[C@@H]2CC2CCNC2=O)c2csc(N)n2)C(=O)O)cc1. The summed E-state index contributed by atoms with van der Waals surface area (Å²) in [5.41, 5.74) is 12.3. The highest BCUT2D eigenvalue weighted by Gasteiger charge is 2.44. The van der Waals surface area contributed by atoms with Gasteiger partial charge < -0.3 is 47.4 Å². The third-order valence-electron chi connectivity index (χ3n) is 7.71. The molecule has 3 amide bonds. The van der Waals surface area contributed by atoms with Crippen molar-refractivity contribution < 1.29 is 33.9 Å². The van der Waals surface area contributed by atoms with Crippen LogP contribution in [0.15, 0.2) is 39.8 Å². The highest BCUT2D eigenvalue weighted by molar-refractivity contribution is 7.13. The first kappa shape index (κ1) is 31.6. The standard InChI is InChI=1S/C28H35N9O7S/c29-23(33-16-6-8-31-9-7-16)14-1-3-17(4-2-14)43-12-20(27(41)42)44-37-22(19-13-45-28(30)35-19)26(40)36-21-18(34-25(21)39)11-15-5-10-32-24(15)38/h1-4,13,15-16,18,20-21,31H,5-12H2,(H2,29,33)(H2,30,35)(H,32,38)(H,34,39)(H,36,40)(H,41,42)/b37-22-/t15?,18-,20+,21+/m1/s1. The average Bonchev–Trinajstić information content (AvgIpc) is 3.65. The van der Waals surface area contributed by atoms with Crippen molar-refractivity contribution in [3.63, 3.8) is 0 Å². The third kappa shape index (κ3) is 8.04. The van der Waals surface area contributed by atoms with Gasteiger partial charge in [0.25, 0.3) is 12.0 Å². The van der Waals surface area contributed by atoms with E-state index in [9.17, 15) is 24.3 Å². The number of amides is 3. The maximum absolute atomic E-state index is 13.3. The van der Waals surface area contributed by atoms with E-state index in [1.807, 2.05) is 0 Å². The maximum Gasteiger partial charge on any atom is 0.351 e. The summed E-state index contributed by atoms with van der Waals surface area (Å²) < 4.78 is 5.62. The second kappa shape index (κ2) is 14.3. The quantitative estimate of drug-likeness (QED) is 0.0602. The fourth-order valence-electron chi connectivity index (χ4n) is 5.15. The Morgan fingerprint density at radius 2 is 1.89 bits per heavy atom. The van der Waals surface area contributed by atoms with E-state index >= 15 is 0 Å². The number of nitrogens with one attached hydrogen (secondary N) is 4. The molecule has 3 saturated heterocycles. The van der Waals surface area contributed by atoms with Gasteiger partial charge in [-0.3, -0.25) is 19.4 Å². The van der Waals surface area contributed by atoms with Gasteiger partial charge in [-0.2, -0.15) is 0 Å². The summed E-state index contributed by atoms with van der Waals surface area (Å²) in [5, 5.41) is 26.5. The normalized spacial score (nSPS) is 23.0. The van der Waals surface area contributed by atoms with E-state index in [1.165, 1.54) is 5.38 Å². The number of hydrogen-bond donors (Lipinski definition) is 7. The van der Waals surface area contributed by atoms with Gasteiger partial charge in [-0.05, 0) is 63.0 Å². The van der Waals surface area contributed by atoms with Gasteiger partial charge in [-0.15, -0.1) is 11.3 Å². The average molecular weight is 642 g/mol. The van der Waals surface area contributed by atoms with Crippen molar-refractivity contribution in [1.29, 1.82) is 0 Å². The van der Waals surface area contributed by atoms with Crippen molar-refractivity contribution in [2.24, 2.45) is 21.8 Å². The summed E-state index contributed by atoms with van der Waals surface area (Å²) in [6.07, 6.45) is 1.21. The fourth-order valence-corrected chi connectivity index (χ4v) is 5.70. The third-order valence-corrected chi connectivity index (χ3v) is 8.38. The lowest BCUT2D eigenvalue weighted by Crippen LogP contribution is -2.70. The van der Waals surface area contributed by atoms with Crippen LogP contribution in [-0.2, 0) is 24.0 Å². The summed E-state index contributed by atoms with van der Waals surface area (Å²) >= 11 is 1.04. The maximum atomic E-state index is 13.3. The number of nitrogens with zero attached hydrogens (tertiary/aromatic N) is 3. The molecule has 0 spiro atoms. The van der Waals surface area contributed by atoms with E-state index in [1.54, 1.807) is 24.3 Å². The highest BCUT2D eigenvalue weighted by Crippen LogP contribution is 2.22. The van der Waals surface area contributed by atoms with Crippen LogP contribution in [0, 0.1) is 5.92 Å². The molecule has 1 aromatic heterocycles. The Morgan fingerprint density at radius 1 is 1.13 bits per heavy atom. The van der Waals surface area contributed by atoms with E-state index in [0.29, 0.717) is 36.5 Å². The number of carboxylic acid groups (broad SMARTS) is 1. The van der Waals surface area contributed by atoms with Crippen molar-refractivity contribution in [1.82, 2.24) is 26.3 Å². The van der Waals surface area contributed by atoms with Gasteiger partial charge in [-0.25, -0.2) is 9.78 Å². The number of carboxylic acids is 1. The molecule has 1 aromatic carbocycles. The zero-order valence-corrected chi connectivity index (χ0v) is 25.0. The van der Waals surface area contributed by atoms with E-state index in [0.717, 1.165) is 37.3 Å². The van der Waals surface area contributed by atoms with E-state index in [4.69, 9.17) is 21.0 Å². The number of benzene rings is 1. The Balaban J connectivity index is 1.22. The second-order valence-electron chi connectivity index (χ2n) is 10.9. The van der Waals surface area contributed by atoms with Gasteiger partial charge in [-0.1, -0.05) is 5.16 Å². The molecular weight excluding hydrogens is 606 g/mol. The lowest BCUT2D eigenvalue weighted by Gasteiger charge is -2.38. The molecule has 240 valence electrons. The number of oxime groups is 1. The molecule has 3 aliphatic heterocycles. The zero-order valence-electron chi connectivity index (χ0n) is 24.2. The number of carbonyl (C=O) groups is 4. The predicted octanol–water partition coefficient (Wildman–Crippen LogP) is -1.06. The van der Waals surface area contributed by atoms with E-state index in [-0.39, 0.29) is 34.4 Å². The molecule has 0 radical (unpaired) electrons. The molecule has 17 heteroatoms. The minimum absolute atomic E-state index is 0.0332. The van der Waals surface area contributed by atoms with Crippen LogP contribution in [0.1, 0.15) is 36.9 Å². The number of nitrogens with two attached hydrogens (primary N) is 2. The topological polar surface area (TPSA) is 245 Å². The Morgan fingerprint density at radius 3 is 2.51 bits per heavy atom. The molecule has 0 saturated carbocycles. The Hall–Kier alpha value is -4.77. The molecule has 9 N–H and O–H groups in total. The number of carbonyl (C=O) groups excluding carboxylic acids is 3. The molecule has 3 aliphatic rings. The molecule has 0 bridgehead atoms. The number of amidine groups is 1. The Bertz CT molecular complexity index is 1470. The highest BCUT2D eigenvalue weighted by atomic mass is 32.1. The largest absolute Gasteiger partial charge is 0.489 e. The number of nitrogen functional groups attached to an aromatic ring is 1. The number of thiazole rings is 1. The Kier molecular flexibility index (Phi) is 10.1. The fraction of sp³-hybridized carbons (Fsp3) is 0.464. The van der Waals surface area contributed by atoms with Crippen LogP contribution in [0.4, 0.5) is 5.13 Å². The first-order valence-electron chi connectivity index (χ1n) is 14.5. The van der Waals surface area contributed by atoms with Crippen LogP contribution in [-0.4, -0.2) is 95.8 Å². The van der Waals surface area contributed by atoms with Crippen LogP contribution >= 0.6 is 11.3 Å². The lowest BCUT2D eigenvalue weighted by molar-refractivity contribution is -0.152. The number of aliphatic carboxylic acids is 1. The van der Waals surface area contributed by atoms with Crippen LogP contribution in [0.3, 0.4) is 0 Å². The molecule has 4 heterocycles. The number of aliphatic imine (C=N–C) groups is 1. The van der Waals surface area contributed by atoms with Gasteiger partial charge >= 0.3 is 5.97 Å². The molecule has 4 atom stereocenters. The number of piperidine rings is 1. The molecule has 5 rings (SSSR count).